The zero-order chi connectivity index (χ0) is 16.4. The van der Waals surface area contributed by atoms with Crippen LogP contribution in [0, 0.1) is 0 Å². The number of nitrogens with zero attached hydrogens (tertiary/aromatic N) is 1. The van der Waals surface area contributed by atoms with Crippen LogP contribution in [0.2, 0.25) is 0 Å². The standard InChI is InChI=1S/C16H12N4O3/c17-9-5-7-10(8-6-9)18-16(23)20-19-13-14(21)11-3-1-2-4-12(11)15(13)22/h1-8H,17H2,(H2,18,20,23). The van der Waals surface area contributed by atoms with Crippen LogP contribution in [-0.2, 0) is 0 Å². The predicted octanol–water partition coefficient (Wildman–Crippen LogP) is 0.655. The van der Waals surface area contributed by atoms with Gasteiger partial charge < -0.3 is 11.1 Å². The first-order chi connectivity index (χ1) is 11.1. The second-order valence-corrected chi connectivity index (χ2v) is 4.85. The molecule has 0 aliphatic carbocycles. The van der Waals surface area contributed by atoms with Gasteiger partial charge in [0.05, 0.1) is 0 Å². The van der Waals surface area contributed by atoms with Gasteiger partial charge in [-0.25, -0.2) is 10.2 Å². The van der Waals surface area contributed by atoms with Gasteiger partial charge in [0.15, 0.2) is 5.36 Å². The van der Waals surface area contributed by atoms with Crippen molar-refractivity contribution in [1.82, 2.24) is 5.43 Å². The monoisotopic (exact) mass is 308 g/mol. The third-order valence-corrected chi connectivity index (χ3v) is 3.28. The molecule has 114 valence electrons. The van der Waals surface area contributed by atoms with Gasteiger partial charge >= 0.3 is 6.03 Å². The number of anilines is 2. The van der Waals surface area contributed by atoms with Gasteiger partial charge in [-0.05, 0) is 24.3 Å². The normalized spacial score (nSPS) is 10.4. The second kappa shape index (κ2) is 5.72. The Morgan fingerprint density at radius 3 is 2.04 bits per heavy atom. The fraction of sp³-hybridized carbons (Fsp3) is 0. The minimum atomic E-state index is -0.668. The molecule has 0 heterocycles. The molecule has 4 N–H and O–H groups in total. The van der Waals surface area contributed by atoms with Gasteiger partial charge in [-0.3, -0.25) is 9.59 Å². The van der Waals surface area contributed by atoms with Crippen molar-refractivity contribution in [2.45, 2.75) is 0 Å². The summed E-state index contributed by atoms with van der Waals surface area (Å²) in [5.74, 6) is 0. The van der Waals surface area contributed by atoms with E-state index >= 15 is 0 Å². The average Bonchev–Trinajstić information content (AvgIpc) is 2.80. The molecule has 7 nitrogen and oxygen atoms in total. The van der Waals surface area contributed by atoms with Crippen molar-refractivity contribution >= 4 is 28.2 Å². The molecule has 3 aromatic rings. The maximum atomic E-state index is 12.1. The summed E-state index contributed by atoms with van der Waals surface area (Å²) in [5.41, 5.74) is 7.76. The van der Waals surface area contributed by atoms with Crippen LogP contribution < -0.4 is 32.7 Å². The Kier molecular flexibility index (Phi) is 3.60. The van der Waals surface area contributed by atoms with Gasteiger partial charge in [-0.2, -0.15) is 5.10 Å². The second-order valence-electron chi connectivity index (χ2n) is 4.85. The van der Waals surface area contributed by atoms with Crippen molar-refractivity contribution in [3.8, 4) is 0 Å². The Hall–Kier alpha value is -3.48. The molecule has 0 saturated heterocycles. The molecule has 0 saturated carbocycles. The van der Waals surface area contributed by atoms with Crippen molar-refractivity contribution in [3.63, 3.8) is 0 Å². The highest BCUT2D eigenvalue weighted by molar-refractivity contribution is 5.89. The Morgan fingerprint density at radius 2 is 1.48 bits per heavy atom. The Balaban J connectivity index is 1.85. The summed E-state index contributed by atoms with van der Waals surface area (Å²) in [5, 5.41) is 6.42. The van der Waals surface area contributed by atoms with Crippen molar-refractivity contribution < 1.29 is 4.79 Å². The molecule has 3 rings (SSSR count). The van der Waals surface area contributed by atoms with Crippen LogP contribution in [0.15, 0.2) is 63.2 Å². The van der Waals surface area contributed by atoms with Gasteiger partial charge in [0.25, 0.3) is 0 Å². The number of nitrogen functional groups attached to an aromatic ring is 1. The van der Waals surface area contributed by atoms with Crippen LogP contribution in [0.3, 0.4) is 0 Å². The topological polar surface area (TPSA) is 114 Å². The first-order valence-corrected chi connectivity index (χ1v) is 6.75. The Bertz CT molecular complexity index is 982. The van der Waals surface area contributed by atoms with Gasteiger partial charge in [-0.15, -0.1) is 0 Å². The average molecular weight is 308 g/mol. The van der Waals surface area contributed by atoms with E-state index in [9.17, 15) is 14.4 Å². The highest BCUT2D eigenvalue weighted by atomic mass is 16.2. The van der Waals surface area contributed by atoms with E-state index in [1.807, 2.05) is 0 Å². The van der Waals surface area contributed by atoms with E-state index in [4.69, 9.17) is 5.73 Å². The minimum absolute atomic E-state index is 0.289. The number of urea groups is 1. The SMILES string of the molecule is Nc1ccc(NC(=O)NN=c2c(=O)c3ccccc3c2=O)cc1. The Morgan fingerprint density at radius 1 is 0.913 bits per heavy atom. The highest BCUT2D eigenvalue weighted by Crippen LogP contribution is 2.09. The molecule has 0 spiro atoms. The number of nitrogens with two attached hydrogens (primary N) is 1. The molecule has 2 amide bonds. The van der Waals surface area contributed by atoms with E-state index < -0.39 is 16.9 Å². The van der Waals surface area contributed by atoms with Gasteiger partial charge in [0.1, 0.15) is 0 Å². The van der Waals surface area contributed by atoms with Crippen LogP contribution in [-0.4, -0.2) is 6.03 Å². The molecule has 0 aliphatic heterocycles. The van der Waals surface area contributed by atoms with E-state index in [0.29, 0.717) is 11.4 Å². The molecular formula is C16H12N4O3. The molecule has 23 heavy (non-hydrogen) atoms. The molecule has 0 atom stereocenters. The largest absolute Gasteiger partial charge is 0.399 e. The number of nitrogens with one attached hydrogen (secondary N) is 2. The summed E-state index contributed by atoms with van der Waals surface area (Å²) >= 11 is 0. The van der Waals surface area contributed by atoms with Crippen molar-refractivity contribution in [1.29, 1.82) is 0 Å². The number of benzene rings is 2. The fourth-order valence-electron chi connectivity index (χ4n) is 2.17. The molecule has 0 radical (unpaired) electrons. The van der Waals surface area contributed by atoms with Crippen LogP contribution in [0.25, 0.3) is 10.8 Å². The summed E-state index contributed by atoms with van der Waals surface area (Å²) in [7, 11) is 0. The number of carbonyl (C=O) groups excluding carboxylic acids is 1. The quantitative estimate of drug-likeness (QED) is 0.476. The smallest absolute Gasteiger partial charge is 0.339 e. The zero-order valence-corrected chi connectivity index (χ0v) is 11.9. The van der Waals surface area contributed by atoms with Gasteiger partial charge in [-0.1, -0.05) is 24.3 Å². The van der Waals surface area contributed by atoms with Crippen molar-refractivity contribution in [2.75, 3.05) is 11.1 Å². The summed E-state index contributed by atoms with van der Waals surface area (Å²) in [6.45, 7) is 0. The van der Waals surface area contributed by atoms with Crippen LogP contribution >= 0.6 is 0 Å². The zero-order valence-electron chi connectivity index (χ0n) is 11.9. The van der Waals surface area contributed by atoms with Crippen molar-refractivity contribution in [2.24, 2.45) is 5.10 Å². The van der Waals surface area contributed by atoms with E-state index in [0.717, 1.165) is 0 Å². The summed E-state index contributed by atoms with van der Waals surface area (Å²) < 4.78 is 0. The van der Waals surface area contributed by atoms with Gasteiger partial charge in [0, 0.05) is 22.1 Å². The molecule has 7 heteroatoms. The highest BCUT2D eigenvalue weighted by Gasteiger charge is 2.10. The van der Waals surface area contributed by atoms with E-state index in [1.54, 1.807) is 48.5 Å². The predicted molar refractivity (Wildman–Crippen MR) is 87.4 cm³/mol. The molecular weight excluding hydrogens is 296 g/mol. The lowest BCUT2D eigenvalue weighted by Crippen LogP contribution is -2.36. The summed E-state index contributed by atoms with van der Waals surface area (Å²) in [4.78, 5) is 35.9. The molecule has 0 aliphatic rings. The number of fused-ring (bicyclic) bond motifs is 1. The lowest BCUT2D eigenvalue weighted by Gasteiger charge is -2.03. The molecule has 0 bridgehead atoms. The summed E-state index contributed by atoms with van der Waals surface area (Å²) in [6.07, 6.45) is 0. The lowest BCUT2D eigenvalue weighted by molar-refractivity contribution is 0.252. The van der Waals surface area contributed by atoms with E-state index in [-0.39, 0.29) is 16.1 Å². The Labute approximate surface area is 129 Å². The number of rotatable bonds is 2. The third kappa shape index (κ3) is 2.80. The molecule has 0 aromatic heterocycles. The van der Waals surface area contributed by atoms with E-state index in [1.165, 1.54) is 0 Å². The first-order valence-electron chi connectivity index (χ1n) is 6.75. The molecule has 3 aromatic carbocycles. The van der Waals surface area contributed by atoms with E-state index in [2.05, 4.69) is 15.8 Å². The number of hydrogen-bond donors (Lipinski definition) is 3. The minimum Gasteiger partial charge on any atom is -0.399 e. The van der Waals surface area contributed by atoms with Crippen molar-refractivity contribution in [3.05, 3.63) is 74.3 Å². The fourth-order valence-corrected chi connectivity index (χ4v) is 2.17. The number of carbonyl (C=O) groups is 1. The van der Waals surface area contributed by atoms with Crippen LogP contribution in [0.1, 0.15) is 0 Å². The maximum absolute atomic E-state index is 12.1. The molecule has 0 unspecified atom stereocenters. The summed E-state index contributed by atoms with van der Waals surface area (Å²) in [6, 6.07) is 12.2. The van der Waals surface area contributed by atoms with Gasteiger partial charge in [0.2, 0.25) is 10.9 Å². The maximum Gasteiger partial charge on any atom is 0.339 e. The molecule has 0 fully saturated rings. The lowest BCUT2D eigenvalue weighted by atomic mass is 10.2. The first kappa shape index (κ1) is 14.5. The van der Waals surface area contributed by atoms with Crippen LogP contribution in [0.5, 0.6) is 0 Å². The van der Waals surface area contributed by atoms with Crippen LogP contribution in [0.4, 0.5) is 16.2 Å². The number of amides is 2. The third-order valence-electron chi connectivity index (χ3n) is 3.28. The number of hydrogen-bond acceptors (Lipinski definition) is 5.